The molecule has 6 aliphatic rings. The number of nitrogens with two attached hydrogens (primary N) is 1. The van der Waals surface area contributed by atoms with E-state index in [2.05, 4.69) is 79.6 Å². The number of aliphatic carboxylic acids is 3. The highest BCUT2D eigenvalue weighted by Gasteiger charge is 2.34. The average molecular weight is 1780 g/mol. The SMILES string of the molecule is COC(=O)c1ccc(-n2cnc3c(N)nc(N4CCN(c5ccc(O)cc5)CC4)nc32)cc1.O=C(O)Cn1cnc2c(-n3ncc4ccccc43)nc(N3CCN(C4CCC(O)CC4)CC3)nc21.O=C(O)Cn1cnc2c(-n3ncc4ccccc43)nc(N3CCN(C4CCC(O)CC4)CC3)nc21.O=C(O)Cn1cnc2c(-n3ncc4ccccc43)nc(N3CC[C@@H](O)C3)nc21. The molecular formula is C89H96N30O12. The third kappa shape index (κ3) is 17.9. The molecule has 0 unspecified atom stereocenters. The smallest absolute Gasteiger partial charge is 0.337 e. The first-order chi connectivity index (χ1) is 63.8. The number of carboxylic acids is 3. The summed E-state index contributed by atoms with van der Waals surface area (Å²) in [6.45, 7) is 10.1. The van der Waals surface area contributed by atoms with E-state index in [1.54, 1.807) is 72.4 Å². The number of benzene rings is 5. The van der Waals surface area contributed by atoms with Crippen molar-refractivity contribution in [3.63, 3.8) is 0 Å². The fraction of sp³-hybridized carbons (Fsp3) is 0.360. The van der Waals surface area contributed by atoms with Crippen LogP contribution in [0.15, 0.2) is 165 Å². The third-order valence-corrected chi connectivity index (χ3v) is 25.0. The molecule has 0 radical (unpaired) electrons. The van der Waals surface area contributed by atoms with Gasteiger partial charge in [-0.3, -0.25) is 28.8 Å². The van der Waals surface area contributed by atoms with E-state index >= 15 is 0 Å². The van der Waals surface area contributed by atoms with Crippen LogP contribution in [0.5, 0.6) is 5.75 Å². The largest absolute Gasteiger partial charge is 0.508 e. The van der Waals surface area contributed by atoms with Gasteiger partial charge in [-0.2, -0.15) is 55.2 Å². The van der Waals surface area contributed by atoms with Gasteiger partial charge in [-0.15, -0.1) is 0 Å². The van der Waals surface area contributed by atoms with Crippen LogP contribution in [0.3, 0.4) is 0 Å². The molecule has 1 atom stereocenters. The molecule has 11 aromatic heterocycles. The fourth-order valence-corrected chi connectivity index (χ4v) is 18.1. The van der Waals surface area contributed by atoms with E-state index in [1.807, 2.05) is 107 Å². The number of hydrogen-bond donors (Lipinski definition) is 8. The van der Waals surface area contributed by atoms with Crippen molar-refractivity contribution in [3.8, 4) is 28.9 Å². The van der Waals surface area contributed by atoms with Gasteiger partial charge in [-0.05, 0) is 125 Å². The molecule has 2 aliphatic carbocycles. The lowest BCUT2D eigenvalue weighted by Gasteiger charge is -2.41. The number of nitrogen functional groups attached to an aromatic ring is 1. The summed E-state index contributed by atoms with van der Waals surface area (Å²) in [4.78, 5) is 117. The number of β-amino-alcohol motifs (C(OH)–C–C–N with tert-alkyl or cyclic N) is 1. The number of aromatic nitrogens is 22. The lowest BCUT2D eigenvalue weighted by Crippen LogP contribution is -2.51. The number of piperazine rings is 3. The van der Waals surface area contributed by atoms with E-state index in [4.69, 9.17) is 35.4 Å². The van der Waals surface area contributed by atoms with Crippen molar-refractivity contribution in [2.24, 2.45) is 0 Å². The van der Waals surface area contributed by atoms with Crippen LogP contribution in [0, 0.1) is 0 Å². The summed E-state index contributed by atoms with van der Waals surface area (Å²) < 4.78 is 16.3. The molecule has 4 aliphatic heterocycles. The van der Waals surface area contributed by atoms with E-state index in [0.29, 0.717) is 129 Å². The van der Waals surface area contributed by atoms with E-state index in [9.17, 15) is 54.9 Å². The van der Waals surface area contributed by atoms with Gasteiger partial charge in [0.25, 0.3) is 0 Å². The quantitative estimate of drug-likeness (QED) is 0.0431. The van der Waals surface area contributed by atoms with Crippen molar-refractivity contribution in [1.82, 2.24) is 117 Å². The number of imidazole rings is 4. The van der Waals surface area contributed by atoms with Gasteiger partial charge in [0.2, 0.25) is 23.8 Å². The number of para-hydroxylation sites is 3. The van der Waals surface area contributed by atoms with Crippen LogP contribution < -0.4 is 30.2 Å². The summed E-state index contributed by atoms with van der Waals surface area (Å²) in [5.74, 6) is 0.930. The molecule has 0 bridgehead atoms. The molecule has 2 saturated carbocycles. The number of phenolic OH excluding ortho intramolecular Hbond substituents is 1. The van der Waals surface area contributed by atoms with Gasteiger partial charge in [-0.25, -0.2) is 38.8 Å². The van der Waals surface area contributed by atoms with Crippen molar-refractivity contribution in [3.05, 3.63) is 171 Å². The molecule has 0 amide bonds. The Kier molecular flexibility index (Phi) is 24.1. The van der Waals surface area contributed by atoms with Gasteiger partial charge in [0, 0.05) is 131 Å². The number of anilines is 6. The topological polar surface area (TPSA) is 496 Å². The number of carboxylic acid groups (broad SMARTS) is 3. The van der Waals surface area contributed by atoms with Crippen LogP contribution >= 0.6 is 0 Å². The number of aliphatic hydroxyl groups is 3. The number of methoxy groups -OCH3 is 1. The molecule has 6 fully saturated rings. The first-order valence-corrected chi connectivity index (χ1v) is 43.7. The molecule has 16 aromatic rings. The molecule has 131 heavy (non-hydrogen) atoms. The highest BCUT2D eigenvalue weighted by atomic mass is 16.5. The van der Waals surface area contributed by atoms with Crippen LogP contribution in [0.2, 0.25) is 0 Å². The maximum absolute atomic E-state index is 11.7. The zero-order chi connectivity index (χ0) is 90.1. The summed E-state index contributed by atoms with van der Waals surface area (Å²) >= 11 is 0. The number of esters is 1. The molecule has 42 nitrogen and oxygen atoms in total. The van der Waals surface area contributed by atoms with Crippen molar-refractivity contribution >= 4 is 137 Å². The van der Waals surface area contributed by atoms with Gasteiger partial charge in [0.05, 0.1) is 85.1 Å². The zero-order valence-electron chi connectivity index (χ0n) is 71.6. The monoisotopic (exact) mass is 1780 g/mol. The molecule has 9 N–H and O–H groups in total. The third-order valence-electron chi connectivity index (χ3n) is 25.0. The summed E-state index contributed by atoms with van der Waals surface area (Å²) in [7, 11) is 1.35. The number of carbonyl (C=O) groups excluding carboxylic acids is 1. The van der Waals surface area contributed by atoms with Crippen LogP contribution in [-0.4, -0.2) is 306 Å². The number of phenols is 1. The van der Waals surface area contributed by atoms with Crippen LogP contribution in [0.25, 0.3) is 101 Å². The van der Waals surface area contributed by atoms with Crippen molar-refractivity contribution in [2.75, 3.05) is 129 Å². The molecule has 22 rings (SSSR count). The highest BCUT2D eigenvalue weighted by Crippen LogP contribution is 2.35. The maximum atomic E-state index is 11.7. The Morgan fingerprint density at radius 3 is 1.15 bits per heavy atom. The molecule has 674 valence electrons. The molecule has 15 heterocycles. The number of aliphatic hydroxyl groups excluding tert-OH is 3. The Bertz CT molecular complexity index is 6640. The van der Waals surface area contributed by atoms with Gasteiger partial charge in [-0.1, -0.05) is 54.6 Å². The normalized spacial score (nSPS) is 18.7. The second-order valence-corrected chi connectivity index (χ2v) is 33.3. The van der Waals surface area contributed by atoms with Crippen molar-refractivity contribution in [2.45, 2.75) is 108 Å². The first-order valence-electron chi connectivity index (χ1n) is 43.7. The number of rotatable bonds is 18. The Balaban J connectivity index is 0.000000113. The van der Waals surface area contributed by atoms with E-state index in [1.165, 1.54) is 30.7 Å². The standard InChI is InChI=1S/2C24H28N8O3.C23H23N7O3.C18H17N7O3/c2*33-18-7-5-17(6-8-18)29-9-11-30(12-10-29)24-27-22-21(25-15-31(22)14-20(34)35)23(28-24)32-19-4-2-1-3-16(19)13-26-32;1-33-22(32)15-2-4-17(5-3-15)30-14-25-19-20(24)26-23(27-21(19)30)29-12-10-28(11-13-29)16-6-8-18(31)9-7-16;26-12-5-6-23(8-12)18-21-16-15(19-10-24(16)9-14(27)28)17(22-18)25-13-4-2-1-3-11(13)7-20-25/h2*1-4,13,15,17-18,33H,5-12,14H2,(H,34,35);2-9,14,31H,10-13H2,1H3,(H2,24,26,27);1-4,7,10,12,26H,5-6,8-9H2,(H,27,28)/t;;;12-/m...1/s1. The maximum Gasteiger partial charge on any atom is 0.337 e. The Hall–Kier alpha value is -15.0. The number of fused-ring (bicyclic) bond motifs is 7. The van der Waals surface area contributed by atoms with Crippen LogP contribution in [-0.2, 0) is 38.8 Å². The fourth-order valence-electron chi connectivity index (χ4n) is 18.1. The summed E-state index contributed by atoms with van der Waals surface area (Å²) in [6.07, 6.45) is 19.0. The second kappa shape index (κ2) is 37.0. The van der Waals surface area contributed by atoms with E-state index in [0.717, 1.165) is 174 Å². The molecule has 0 spiro atoms. The van der Waals surface area contributed by atoms with Gasteiger partial charge >= 0.3 is 23.9 Å². The minimum Gasteiger partial charge on any atom is -0.508 e. The minimum atomic E-state index is -0.984. The zero-order valence-corrected chi connectivity index (χ0v) is 71.6. The number of ether oxygens (including phenoxy) is 1. The predicted octanol–water partition coefficient (Wildman–Crippen LogP) is 6.39. The lowest BCUT2D eigenvalue weighted by molar-refractivity contribution is -0.138. The molecule has 4 saturated heterocycles. The molecule has 5 aromatic carbocycles. The summed E-state index contributed by atoms with van der Waals surface area (Å²) in [5, 5.41) is 83.6. The van der Waals surface area contributed by atoms with Crippen molar-refractivity contribution < 1.29 is 59.7 Å². The minimum absolute atomic E-state index is 0.153. The van der Waals surface area contributed by atoms with Crippen LogP contribution in [0.1, 0.15) is 68.1 Å². The predicted molar refractivity (Wildman–Crippen MR) is 485 cm³/mol. The number of aromatic hydroxyl groups is 1. The van der Waals surface area contributed by atoms with Gasteiger partial charge < -0.3 is 84.4 Å². The van der Waals surface area contributed by atoms with E-state index in [-0.39, 0.29) is 37.6 Å². The Morgan fingerprint density at radius 2 is 0.748 bits per heavy atom. The molecular weight excluding hydrogens is 1680 g/mol. The number of carbonyl (C=O) groups is 4. The average Bonchev–Trinajstić information content (AvgIpc) is 1.63. The number of nitrogens with zero attached hydrogens (tertiary/aromatic N) is 29. The van der Waals surface area contributed by atoms with Gasteiger partial charge in [0.1, 0.15) is 31.7 Å². The van der Waals surface area contributed by atoms with E-state index < -0.39 is 30.0 Å². The summed E-state index contributed by atoms with van der Waals surface area (Å²) in [5.41, 5.74) is 15.2. The highest BCUT2D eigenvalue weighted by molar-refractivity contribution is 5.92. The summed E-state index contributed by atoms with van der Waals surface area (Å²) in [6, 6.07) is 38.8. The Morgan fingerprint density at radius 1 is 0.382 bits per heavy atom. The van der Waals surface area contributed by atoms with Crippen LogP contribution in [0.4, 0.5) is 35.3 Å². The molecule has 42 heteroatoms. The first kappa shape index (κ1) is 85.4. The van der Waals surface area contributed by atoms with Crippen molar-refractivity contribution in [1.29, 1.82) is 0 Å². The number of hydrogen-bond acceptors (Lipinski definition) is 32. The van der Waals surface area contributed by atoms with Gasteiger partial charge in [0.15, 0.2) is 67.9 Å². The second-order valence-electron chi connectivity index (χ2n) is 33.3. The Labute approximate surface area is 746 Å². The lowest BCUT2D eigenvalue weighted by atomic mass is 9.91.